The van der Waals surface area contributed by atoms with E-state index in [-0.39, 0.29) is 17.9 Å². The molecule has 0 unspecified atom stereocenters. The molecule has 1 aromatic carbocycles. The van der Waals surface area contributed by atoms with E-state index in [2.05, 4.69) is 26.6 Å². The summed E-state index contributed by atoms with van der Waals surface area (Å²) >= 11 is 3.34. The molecule has 1 saturated carbocycles. The topological polar surface area (TPSA) is 58.2 Å². The van der Waals surface area contributed by atoms with Gasteiger partial charge in [0.25, 0.3) is 0 Å². The van der Waals surface area contributed by atoms with Gasteiger partial charge in [0, 0.05) is 16.2 Å². The lowest BCUT2D eigenvalue weighted by Gasteiger charge is -2.22. The van der Waals surface area contributed by atoms with E-state index in [4.69, 9.17) is 0 Å². The van der Waals surface area contributed by atoms with Gasteiger partial charge in [-0.15, -0.1) is 0 Å². The molecule has 0 bridgehead atoms. The Labute approximate surface area is 121 Å². The summed E-state index contributed by atoms with van der Waals surface area (Å²) < 4.78 is 0.880. The molecule has 2 amide bonds. The Balaban J connectivity index is 2.02. The molecule has 1 fully saturated rings. The van der Waals surface area contributed by atoms with Crippen molar-refractivity contribution in [2.45, 2.75) is 32.7 Å². The average Bonchev–Trinajstić information content (AvgIpc) is 3.12. The van der Waals surface area contributed by atoms with Crippen molar-refractivity contribution in [1.82, 2.24) is 5.32 Å². The highest BCUT2D eigenvalue weighted by Gasteiger charge is 2.38. The zero-order valence-electron chi connectivity index (χ0n) is 11.0. The number of benzene rings is 1. The Hall–Kier alpha value is -1.36. The lowest BCUT2D eigenvalue weighted by Crippen LogP contribution is -2.45. The lowest BCUT2D eigenvalue weighted by atomic mass is 9.91. The number of rotatable bonds is 4. The molecule has 2 rings (SSSR count). The lowest BCUT2D eigenvalue weighted by molar-refractivity contribution is -0.138. The largest absolute Gasteiger partial charge is 0.352 e. The number of carbonyl (C=O) groups is 2. The Morgan fingerprint density at radius 2 is 1.95 bits per heavy atom. The quantitative estimate of drug-likeness (QED) is 0.836. The fraction of sp³-hybridized carbons (Fsp3) is 0.429. The van der Waals surface area contributed by atoms with Gasteiger partial charge in [-0.25, -0.2) is 0 Å². The van der Waals surface area contributed by atoms with Crippen LogP contribution in [0.5, 0.6) is 0 Å². The monoisotopic (exact) mass is 324 g/mol. The van der Waals surface area contributed by atoms with Crippen molar-refractivity contribution < 1.29 is 9.59 Å². The number of amides is 2. The van der Waals surface area contributed by atoms with E-state index in [0.29, 0.717) is 5.69 Å². The first-order chi connectivity index (χ1) is 8.89. The first-order valence-corrected chi connectivity index (χ1v) is 7.07. The minimum absolute atomic E-state index is 0.220. The summed E-state index contributed by atoms with van der Waals surface area (Å²) in [6, 6.07) is 7.55. The second kappa shape index (κ2) is 5.33. The first kappa shape index (κ1) is 14.1. The van der Waals surface area contributed by atoms with Crippen LogP contribution in [-0.4, -0.2) is 17.9 Å². The van der Waals surface area contributed by atoms with Crippen LogP contribution in [0.25, 0.3) is 0 Å². The molecule has 4 nitrogen and oxygen atoms in total. The van der Waals surface area contributed by atoms with Crippen LogP contribution >= 0.6 is 15.9 Å². The Bertz CT molecular complexity index is 510. The summed E-state index contributed by atoms with van der Waals surface area (Å²) in [5, 5.41) is 5.63. The summed E-state index contributed by atoms with van der Waals surface area (Å²) in [5.74, 6) is -0.522. The van der Waals surface area contributed by atoms with Crippen LogP contribution in [0.1, 0.15) is 26.7 Å². The van der Waals surface area contributed by atoms with Crippen molar-refractivity contribution in [3.8, 4) is 0 Å². The van der Waals surface area contributed by atoms with Crippen LogP contribution in [0, 0.1) is 5.41 Å². The van der Waals surface area contributed by atoms with E-state index in [1.54, 1.807) is 26.0 Å². The van der Waals surface area contributed by atoms with Gasteiger partial charge in [-0.1, -0.05) is 22.0 Å². The standard InChI is InChI=1S/C14H17BrN2O2/c1-14(2,12(18)16-10-6-7-10)13(19)17-11-5-3-4-9(15)8-11/h3-5,8,10H,6-7H2,1-2H3,(H,16,18)(H,17,19). The van der Waals surface area contributed by atoms with E-state index in [0.717, 1.165) is 17.3 Å². The van der Waals surface area contributed by atoms with Crippen molar-refractivity contribution in [1.29, 1.82) is 0 Å². The predicted molar refractivity (Wildman–Crippen MR) is 77.7 cm³/mol. The maximum Gasteiger partial charge on any atom is 0.239 e. The van der Waals surface area contributed by atoms with Gasteiger partial charge < -0.3 is 10.6 Å². The van der Waals surface area contributed by atoms with Crippen LogP contribution in [0.3, 0.4) is 0 Å². The number of halogens is 1. The molecule has 0 saturated heterocycles. The number of hydrogen-bond acceptors (Lipinski definition) is 2. The molecule has 5 heteroatoms. The third-order valence-electron chi connectivity index (χ3n) is 3.13. The summed E-state index contributed by atoms with van der Waals surface area (Å²) in [5.41, 5.74) is -0.406. The second-order valence-corrected chi connectivity index (χ2v) is 6.25. The fourth-order valence-electron chi connectivity index (χ4n) is 1.55. The minimum atomic E-state index is -1.08. The van der Waals surface area contributed by atoms with Gasteiger partial charge in [-0.2, -0.15) is 0 Å². The molecule has 1 aliphatic rings. The molecule has 0 aliphatic heterocycles. The summed E-state index contributed by atoms with van der Waals surface area (Å²) in [6.07, 6.45) is 2.02. The van der Waals surface area contributed by atoms with E-state index in [1.807, 2.05) is 12.1 Å². The summed E-state index contributed by atoms with van der Waals surface area (Å²) in [7, 11) is 0. The molecule has 102 valence electrons. The molecule has 0 atom stereocenters. The zero-order chi connectivity index (χ0) is 14.0. The molecule has 0 spiro atoms. The van der Waals surface area contributed by atoms with Crippen molar-refractivity contribution in [2.24, 2.45) is 5.41 Å². The molecule has 1 aromatic rings. The van der Waals surface area contributed by atoms with Gasteiger partial charge in [0.05, 0.1) is 0 Å². The van der Waals surface area contributed by atoms with E-state index < -0.39 is 5.41 Å². The third-order valence-corrected chi connectivity index (χ3v) is 3.62. The highest BCUT2D eigenvalue weighted by atomic mass is 79.9. The highest BCUT2D eigenvalue weighted by Crippen LogP contribution is 2.24. The molecular formula is C14H17BrN2O2. The van der Waals surface area contributed by atoms with Gasteiger partial charge in [0.15, 0.2) is 0 Å². The SMILES string of the molecule is CC(C)(C(=O)Nc1cccc(Br)c1)C(=O)NC1CC1. The van der Waals surface area contributed by atoms with Crippen LogP contribution in [0.2, 0.25) is 0 Å². The van der Waals surface area contributed by atoms with Crippen molar-refractivity contribution >= 4 is 33.4 Å². The summed E-state index contributed by atoms with van der Waals surface area (Å²) in [4.78, 5) is 24.2. The maximum atomic E-state index is 12.2. The first-order valence-electron chi connectivity index (χ1n) is 6.27. The van der Waals surface area contributed by atoms with E-state index in [1.165, 1.54) is 0 Å². The molecule has 0 heterocycles. The molecule has 19 heavy (non-hydrogen) atoms. The molecular weight excluding hydrogens is 308 g/mol. The van der Waals surface area contributed by atoms with Crippen molar-refractivity contribution in [3.05, 3.63) is 28.7 Å². The van der Waals surface area contributed by atoms with Crippen LogP contribution in [0.15, 0.2) is 28.7 Å². The average molecular weight is 325 g/mol. The van der Waals surface area contributed by atoms with E-state index >= 15 is 0 Å². The Morgan fingerprint density at radius 3 is 2.53 bits per heavy atom. The van der Waals surface area contributed by atoms with Crippen molar-refractivity contribution in [2.75, 3.05) is 5.32 Å². The normalized spacial score (nSPS) is 14.9. The number of anilines is 1. The molecule has 1 aliphatic carbocycles. The molecule has 2 N–H and O–H groups in total. The van der Waals surface area contributed by atoms with Crippen molar-refractivity contribution in [3.63, 3.8) is 0 Å². The number of hydrogen-bond donors (Lipinski definition) is 2. The highest BCUT2D eigenvalue weighted by molar-refractivity contribution is 9.10. The van der Waals surface area contributed by atoms with Crippen LogP contribution in [0.4, 0.5) is 5.69 Å². The van der Waals surface area contributed by atoms with Gasteiger partial charge in [0.2, 0.25) is 11.8 Å². The predicted octanol–water partition coefficient (Wildman–Crippen LogP) is 2.69. The summed E-state index contributed by atoms with van der Waals surface area (Å²) in [6.45, 7) is 3.27. The van der Waals surface area contributed by atoms with E-state index in [9.17, 15) is 9.59 Å². The van der Waals surface area contributed by atoms with Crippen LogP contribution < -0.4 is 10.6 Å². The van der Waals surface area contributed by atoms with Gasteiger partial charge >= 0.3 is 0 Å². The zero-order valence-corrected chi connectivity index (χ0v) is 12.6. The van der Waals surface area contributed by atoms with Gasteiger partial charge in [-0.05, 0) is 44.9 Å². The molecule has 0 radical (unpaired) electrons. The number of nitrogens with one attached hydrogen (secondary N) is 2. The molecule has 0 aromatic heterocycles. The third kappa shape index (κ3) is 3.56. The fourth-order valence-corrected chi connectivity index (χ4v) is 1.95. The Kier molecular flexibility index (Phi) is 3.94. The minimum Gasteiger partial charge on any atom is -0.352 e. The second-order valence-electron chi connectivity index (χ2n) is 5.34. The smallest absolute Gasteiger partial charge is 0.239 e. The van der Waals surface area contributed by atoms with Crippen LogP contribution in [-0.2, 0) is 9.59 Å². The Morgan fingerprint density at radius 1 is 1.26 bits per heavy atom. The van der Waals surface area contributed by atoms with Gasteiger partial charge in [0.1, 0.15) is 5.41 Å². The maximum absolute atomic E-state index is 12.2. The van der Waals surface area contributed by atoms with Gasteiger partial charge in [-0.3, -0.25) is 9.59 Å². The number of carbonyl (C=O) groups excluding carboxylic acids is 2.